The van der Waals surface area contributed by atoms with Gasteiger partial charge in [-0.2, -0.15) is 0 Å². The van der Waals surface area contributed by atoms with Crippen molar-refractivity contribution < 1.29 is 9.53 Å². The molecule has 0 bridgehead atoms. The zero-order valence-electron chi connectivity index (χ0n) is 22.4. The fraction of sp³-hybridized carbons (Fsp3) is 0.781. The topological polar surface area (TPSA) is 26.3 Å². The van der Waals surface area contributed by atoms with E-state index in [1.54, 1.807) is 0 Å². The molecule has 2 nitrogen and oxygen atoms in total. The molecule has 0 aliphatic heterocycles. The molecular formula is C32H52O2. The number of unbranched alkanes of at least 4 members (excludes halogenated alkanes) is 5. The highest BCUT2D eigenvalue weighted by atomic mass is 16.5. The van der Waals surface area contributed by atoms with Crippen LogP contribution in [-0.4, -0.2) is 12.6 Å². The van der Waals surface area contributed by atoms with Crippen LogP contribution in [0.5, 0.6) is 0 Å². The van der Waals surface area contributed by atoms with Crippen LogP contribution in [0.2, 0.25) is 0 Å². The van der Waals surface area contributed by atoms with Gasteiger partial charge in [0.15, 0.2) is 0 Å². The Bertz CT molecular complexity index is 663. The molecule has 2 heteroatoms. The van der Waals surface area contributed by atoms with Crippen LogP contribution in [0.3, 0.4) is 0 Å². The molecule has 1 aromatic rings. The van der Waals surface area contributed by atoms with Crippen LogP contribution in [0.25, 0.3) is 0 Å². The van der Waals surface area contributed by atoms with Gasteiger partial charge in [-0.05, 0) is 86.3 Å². The molecule has 0 atom stereocenters. The smallest absolute Gasteiger partial charge is 0.338 e. The van der Waals surface area contributed by atoms with Gasteiger partial charge in [-0.3, -0.25) is 0 Å². The molecular weight excluding hydrogens is 416 g/mol. The largest absolute Gasteiger partial charge is 0.462 e. The van der Waals surface area contributed by atoms with Gasteiger partial charge in [-0.25, -0.2) is 4.79 Å². The second kappa shape index (κ2) is 15.6. The zero-order chi connectivity index (χ0) is 24.0. The average molecular weight is 469 g/mol. The molecule has 2 saturated carbocycles. The molecule has 0 unspecified atom stereocenters. The van der Waals surface area contributed by atoms with E-state index >= 15 is 0 Å². The molecule has 2 aliphatic rings. The van der Waals surface area contributed by atoms with Crippen LogP contribution < -0.4 is 0 Å². The third-order valence-corrected chi connectivity index (χ3v) is 8.93. The maximum absolute atomic E-state index is 12.1. The average Bonchev–Trinajstić information content (AvgIpc) is 2.88. The first-order chi connectivity index (χ1) is 16.7. The first-order valence-electron chi connectivity index (χ1n) is 15.0. The van der Waals surface area contributed by atoms with Crippen molar-refractivity contribution in [3.63, 3.8) is 0 Å². The minimum atomic E-state index is -0.181. The van der Waals surface area contributed by atoms with E-state index < -0.39 is 0 Å². The number of hydrogen-bond acceptors (Lipinski definition) is 2. The van der Waals surface area contributed by atoms with E-state index in [4.69, 9.17) is 4.74 Å². The number of carbonyl (C=O) groups is 1. The standard InChI is InChI=1S/C32H52O2/c1-3-5-7-8-9-10-26-13-19-29(20-14-26)30-21-15-27(16-22-30)11-12-28-17-23-31(24-18-28)32(33)34-25-6-4-2/h17-18,23-24,26-27,29-30H,3-16,19-22,25H2,1-2H3/t26-,27?,29-,30?. The molecule has 192 valence electrons. The van der Waals surface area contributed by atoms with Crippen LogP contribution in [0.1, 0.15) is 139 Å². The van der Waals surface area contributed by atoms with Crippen molar-refractivity contribution in [3.05, 3.63) is 35.4 Å². The summed E-state index contributed by atoms with van der Waals surface area (Å²) in [6.45, 7) is 4.95. The number of esters is 1. The van der Waals surface area contributed by atoms with E-state index in [1.807, 2.05) is 12.1 Å². The molecule has 3 rings (SSSR count). The lowest BCUT2D eigenvalue weighted by atomic mass is 9.68. The number of hydrogen-bond donors (Lipinski definition) is 0. The zero-order valence-corrected chi connectivity index (χ0v) is 22.4. The van der Waals surface area contributed by atoms with Gasteiger partial charge in [0.05, 0.1) is 12.2 Å². The molecule has 0 heterocycles. The van der Waals surface area contributed by atoms with E-state index in [9.17, 15) is 4.79 Å². The number of carbonyl (C=O) groups excluding carboxylic acids is 1. The van der Waals surface area contributed by atoms with Crippen LogP contribution in [0.15, 0.2) is 24.3 Å². The molecule has 2 fully saturated rings. The molecule has 0 amide bonds. The molecule has 0 N–H and O–H groups in total. The second-order valence-electron chi connectivity index (χ2n) is 11.5. The summed E-state index contributed by atoms with van der Waals surface area (Å²) >= 11 is 0. The SMILES string of the molecule is CCCCCCC[C@H]1CC[C@H](C2CCC(CCc3ccc(C(=O)OCCCC)cc3)CC2)CC1. The third-order valence-electron chi connectivity index (χ3n) is 8.93. The Balaban J connectivity index is 1.28. The minimum absolute atomic E-state index is 0.181. The van der Waals surface area contributed by atoms with Crippen molar-refractivity contribution in [1.82, 2.24) is 0 Å². The Kier molecular flexibility index (Phi) is 12.5. The highest BCUT2D eigenvalue weighted by Gasteiger charge is 2.30. The first-order valence-corrected chi connectivity index (χ1v) is 15.0. The molecule has 0 radical (unpaired) electrons. The molecule has 1 aromatic carbocycles. The lowest BCUT2D eigenvalue weighted by Gasteiger charge is -2.38. The van der Waals surface area contributed by atoms with Gasteiger partial charge in [0.2, 0.25) is 0 Å². The van der Waals surface area contributed by atoms with Crippen molar-refractivity contribution >= 4 is 5.97 Å². The Morgan fingerprint density at radius 3 is 1.85 bits per heavy atom. The molecule has 0 spiro atoms. The van der Waals surface area contributed by atoms with E-state index in [0.717, 1.165) is 42.9 Å². The summed E-state index contributed by atoms with van der Waals surface area (Å²) in [4.78, 5) is 12.1. The summed E-state index contributed by atoms with van der Waals surface area (Å²) in [6, 6.07) is 8.15. The van der Waals surface area contributed by atoms with Crippen LogP contribution >= 0.6 is 0 Å². The summed E-state index contributed by atoms with van der Waals surface area (Å²) in [6.07, 6.45) is 25.0. The highest BCUT2D eigenvalue weighted by molar-refractivity contribution is 5.89. The first kappa shape index (κ1) is 27.3. The number of benzene rings is 1. The maximum atomic E-state index is 12.1. The van der Waals surface area contributed by atoms with E-state index in [-0.39, 0.29) is 5.97 Å². The Labute approximate surface area is 210 Å². The van der Waals surface area contributed by atoms with Gasteiger partial charge in [0, 0.05) is 0 Å². The van der Waals surface area contributed by atoms with Crippen LogP contribution in [0, 0.1) is 23.7 Å². The fourth-order valence-corrected chi connectivity index (χ4v) is 6.50. The lowest BCUT2D eigenvalue weighted by molar-refractivity contribution is 0.0499. The van der Waals surface area contributed by atoms with Gasteiger partial charge >= 0.3 is 5.97 Å². The summed E-state index contributed by atoms with van der Waals surface area (Å²) in [7, 11) is 0. The van der Waals surface area contributed by atoms with Crippen molar-refractivity contribution in [1.29, 1.82) is 0 Å². The fourth-order valence-electron chi connectivity index (χ4n) is 6.50. The van der Waals surface area contributed by atoms with Crippen molar-refractivity contribution in [3.8, 4) is 0 Å². The Morgan fingerprint density at radius 2 is 1.26 bits per heavy atom. The number of rotatable bonds is 14. The van der Waals surface area contributed by atoms with Crippen LogP contribution in [0.4, 0.5) is 0 Å². The lowest BCUT2D eigenvalue weighted by Crippen LogP contribution is -2.26. The monoisotopic (exact) mass is 468 g/mol. The normalized spacial score (nSPS) is 25.2. The summed E-state index contributed by atoms with van der Waals surface area (Å²) in [5.41, 5.74) is 2.05. The number of aryl methyl sites for hydroxylation is 1. The molecule has 0 saturated heterocycles. The van der Waals surface area contributed by atoms with Crippen LogP contribution in [-0.2, 0) is 11.2 Å². The Morgan fingerprint density at radius 1 is 0.706 bits per heavy atom. The van der Waals surface area contributed by atoms with Gasteiger partial charge in [-0.1, -0.05) is 96.6 Å². The van der Waals surface area contributed by atoms with E-state index in [1.165, 1.54) is 102 Å². The molecule has 2 aliphatic carbocycles. The quantitative estimate of drug-likeness (QED) is 0.201. The highest BCUT2D eigenvalue weighted by Crippen LogP contribution is 2.43. The van der Waals surface area contributed by atoms with Gasteiger partial charge in [0.1, 0.15) is 0 Å². The van der Waals surface area contributed by atoms with Gasteiger partial charge in [-0.15, -0.1) is 0 Å². The summed E-state index contributed by atoms with van der Waals surface area (Å²) in [5.74, 6) is 3.80. The van der Waals surface area contributed by atoms with E-state index in [2.05, 4.69) is 26.0 Å². The Hall–Kier alpha value is -1.31. The second-order valence-corrected chi connectivity index (χ2v) is 11.5. The van der Waals surface area contributed by atoms with Gasteiger partial charge < -0.3 is 4.74 Å². The number of ether oxygens (including phenoxy) is 1. The molecule has 34 heavy (non-hydrogen) atoms. The van der Waals surface area contributed by atoms with Crippen molar-refractivity contribution in [2.45, 2.75) is 129 Å². The summed E-state index contributed by atoms with van der Waals surface area (Å²) < 4.78 is 5.32. The third kappa shape index (κ3) is 9.38. The predicted molar refractivity (Wildman–Crippen MR) is 144 cm³/mol. The van der Waals surface area contributed by atoms with Crippen molar-refractivity contribution in [2.75, 3.05) is 6.61 Å². The molecule has 0 aromatic heterocycles. The van der Waals surface area contributed by atoms with Crippen molar-refractivity contribution in [2.24, 2.45) is 23.7 Å². The predicted octanol–water partition coefficient (Wildman–Crippen LogP) is 9.55. The van der Waals surface area contributed by atoms with E-state index in [0.29, 0.717) is 12.2 Å². The summed E-state index contributed by atoms with van der Waals surface area (Å²) in [5, 5.41) is 0. The minimum Gasteiger partial charge on any atom is -0.462 e. The van der Waals surface area contributed by atoms with Gasteiger partial charge in [0.25, 0.3) is 0 Å². The maximum Gasteiger partial charge on any atom is 0.338 e.